The molecule has 3 aromatic heterocycles. The van der Waals surface area contributed by atoms with Gasteiger partial charge in [0, 0.05) is 23.7 Å². The van der Waals surface area contributed by atoms with E-state index in [2.05, 4.69) is 15.0 Å². The molecule has 4 rings (SSSR count). The van der Waals surface area contributed by atoms with E-state index in [4.69, 9.17) is 0 Å². The van der Waals surface area contributed by atoms with Crippen molar-refractivity contribution in [2.75, 3.05) is 0 Å². The molecule has 4 aromatic rings. The molecule has 0 spiro atoms. The van der Waals surface area contributed by atoms with Crippen molar-refractivity contribution >= 4 is 27.9 Å². The van der Waals surface area contributed by atoms with Gasteiger partial charge in [0.15, 0.2) is 0 Å². The molecule has 128 valence electrons. The van der Waals surface area contributed by atoms with E-state index in [1.54, 1.807) is 6.20 Å². The van der Waals surface area contributed by atoms with E-state index in [-0.39, 0.29) is 23.2 Å². The van der Waals surface area contributed by atoms with Crippen LogP contribution in [0.5, 0.6) is 0 Å². The largest absolute Gasteiger partial charge is 0.293 e. The number of hydrogen-bond acceptors (Lipinski definition) is 7. The van der Waals surface area contributed by atoms with Crippen molar-refractivity contribution in [2.45, 2.75) is 6.54 Å². The second-order valence-electron chi connectivity index (χ2n) is 5.50. The molecule has 0 aliphatic heterocycles. The summed E-state index contributed by atoms with van der Waals surface area (Å²) in [6, 6.07) is 9.64. The van der Waals surface area contributed by atoms with Crippen molar-refractivity contribution in [3.05, 3.63) is 80.5 Å². The predicted molar refractivity (Wildman–Crippen MR) is 97.1 cm³/mol. The zero-order chi connectivity index (χ0) is 18.1. The van der Waals surface area contributed by atoms with Crippen LogP contribution >= 0.6 is 11.3 Å². The van der Waals surface area contributed by atoms with Crippen LogP contribution in [0.2, 0.25) is 0 Å². The van der Waals surface area contributed by atoms with Crippen molar-refractivity contribution in [2.24, 2.45) is 0 Å². The first-order valence-electron chi connectivity index (χ1n) is 7.61. The Morgan fingerprint density at radius 2 is 2.08 bits per heavy atom. The minimum absolute atomic E-state index is 0.139. The van der Waals surface area contributed by atoms with Gasteiger partial charge in [-0.1, -0.05) is 6.07 Å². The Morgan fingerprint density at radius 1 is 1.19 bits per heavy atom. The molecule has 0 amide bonds. The monoisotopic (exact) mass is 365 g/mol. The molecule has 1 aromatic carbocycles. The van der Waals surface area contributed by atoms with Gasteiger partial charge in [0.2, 0.25) is 0 Å². The Balaban J connectivity index is 1.69. The van der Waals surface area contributed by atoms with Gasteiger partial charge in [-0.25, -0.2) is 9.97 Å². The van der Waals surface area contributed by atoms with E-state index < -0.39 is 4.92 Å². The third-order valence-corrected chi connectivity index (χ3v) is 4.70. The number of pyridine rings is 1. The highest BCUT2D eigenvalue weighted by Gasteiger charge is 2.12. The van der Waals surface area contributed by atoms with Gasteiger partial charge < -0.3 is 0 Å². The standard InChI is InChI=1S/C17H11N5O3S/c23-17-13-7-12(22(24)25)4-5-14(13)19-10-21(17)8-11-9-26-16(20-11)15-3-1-2-6-18-15/h1-7,9-10H,8H2. The Morgan fingerprint density at radius 3 is 2.85 bits per heavy atom. The Labute approximate surface area is 150 Å². The molecular formula is C17H11N5O3S. The van der Waals surface area contributed by atoms with Gasteiger partial charge in [0.05, 0.1) is 40.1 Å². The number of hydrogen-bond donors (Lipinski definition) is 0. The first-order chi connectivity index (χ1) is 12.6. The number of aromatic nitrogens is 4. The number of nitro benzene ring substituents is 1. The van der Waals surface area contributed by atoms with Gasteiger partial charge >= 0.3 is 0 Å². The van der Waals surface area contributed by atoms with E-state index >= 15 is 0 Å². The zero-order valence-electron chi connectivity index (χ0n) is 13.3. The molecule has 0 bridgehead atoms. The normalized spacial score (nSPS) is 10.9. The fourth-order valence-electron chi connectivity index (χ4n) is 2.53. The lowest BCUT2D eigenvalue weighted by molar-refractivity contribution is -0.384. The average molecular weight is 365 g/mol. The van der Waals surface area contributed by atoms with Gasteiger partial charge in [0.25, 0.3) is 11.2 Å². The lowest BCUT2D eigenvalue weighted by Gasteiger charge is -2.04. The van der Waals surface area contributed by atoms with Crippen LogP contribution in [0.3, 0.4) is 0 Å². The molecule has 0 saturated heterocycles. The van der Waals surface area contributed by atoms with Crippen LogP contribution < -0.4 is 5.56 Å². The van der Waals surface area contributed by atoms with E-state index in [9.17, 15) is 14.9 Å². The minimum atomic E-state index is -0.532. The maximum Gasteiger partial charge on any atom is 0.270 e. The van der Waals surface area contributed by atoms with E-state index in [1.807, 2.05) is 23.6 Å². The minimum Gasteiger partial charge on any atom is -0.293 e. The fourth-order valence-corrected chi connectivity index (χ4v) is 3.32. The van der Waals surface area contributed by atoms with Crippen LogP contribution in [0.25, 0.3) is 21.6 Å². The summed E-state index contributed by atoms with van der Waals surface area (Å²) in [5.74, 6) is 0. The van der Waals surface area contributed by atoms with Crippen molar-refractivity contribution in [3.63, 3.8) is 0 Å². The van der Waals surface area contributed by atoms with Crippen molar-refractivity contribution < 1.29 is 4.92 Å². The second kappa shape index (κ2) is 6.45. The highest BCUT2D eigenvalue weighted by atomic mass is 32.1. The summed E-state index contributed by atoms with van der Waals surface area (Å²) in [7, 11) is 0. The summed E-state index contributed by atoms with van der Waals surface area (Å²) in [5.41, 5.74) is 1.41. The third kappa shape index (κ3) is 2.95. The molecule has 8 nitrogen and oxygen atoms in total. The number of benzene rings is 1. The molecule has 0 atom stereocenters. The summed E-state index contributed by atoms with van der Waals surface area (Å²) in [4.78, 5) is 36.0. The Kier molecular flexibility index (Phi) is 3.98. The first-order valence-corrected chi connectivity index (χ1v) is 8.49. The van der Waals surface area contributed by atoms with Crippen LogP contribution in [0.15, 0.2) is 59.1 Å². The fraction of sp³-hybridized carbons (Fsp3) is 0.0588. The topological polar surface area (TPSA) is 104 Å². The van der Waals surface area contributed by atoms with Gasteiger partial charge in [-0.2, -0.15) is 0 Å². The zero-order valence-corrected chi connectivity index (χ0v) is 14.1. The van der Waals surface area contributed by atoms with Crippen molar-refractivity contribution in [1.82, 2.24) is 19.5 Å². The lowest BCUT2D eigenvalue weighted by Crippen LogP contribution is -2.21. The van der Waals surface area contributed by atoms with Crippen molar-refractivity contribution in [1.29, 1.82) is 0 Å². The second-order valence-corrected chi connectivity index (χ2v) is 6.35. The molecule has 0 aliphatic carbocycles. The molecule has 0 radical (unpaired) electrons. The number of nitro groups is 1. The molecule has 3 heterocycles. The molecule has 26 heavy (non-hydrogen) atoms. The molecule has 0 fully saturated rings. The highest BCUT2D eigenvalue weighted by Crippen LogP contribution is 2.22. The summed E-state index contributed by atoms with van der Waals surface area (Å²) in [6.07, 6.45) is 3.12. The SMILES string of the molecule is O=c1c2cc([N+](=O)[O-])ccc2ncn1Cc1csc(-c2ccccn2)n1. The summed E-state index contributed by atoms with van der Waals surface area (Å²) in [5, 5.41) is 13.8. The Bertz CT molecular complexity index is 1170. The quantitative estimate of drug-likeness (QED) is 0.407. The van der Waals surface area contributed by atoms with E-state index in [0.29, 0.717) is 11.2 Å². The van der Waals surface area contributed by atoms with Crippen LogP contribution in [-0.2, 0) is 6.54 Å². The maximum absolute atomic E-state index is 12.6. The highest BCUT2D eigenvalue weighted by molar-refractivity contribution is 7.13. The number of rotatable bonds is 4. The number of fused-ring (bicyclic) bond motifs is 1. The van der Waals surface area contributed by atoms with Crippen LogP contribution in [0.1, 0.15) is 5.69 Å². The van der Waals surface area contributed by atoms with Crippen molar-refractivity contribution in [3.8, 4) is 10.7 Å². The molecule has 0 N–H and O–H groups in total. The van der Waals surface area contributed by atoms with Gasteiger partial charge in [-0.3, -0.25) is 24.5 Å². The van der Waals surface area contributed by atoms with E-state index in [1.165, 1.54) is 40.4 Å². The first kappa shape index (κ1) is 16.0. The Hall–Kier alpha value is -3.46. The van der Waals surface area contributed by atoms with E-state index in [0.717, 1.165) is 10.7 Å². The predicted octanol–water partition coefficient (Wildman–Crippen LogP) is 2.87. The molecule has 0 aliphatic rings. The molecule has 0 unspecified atom stereocenters. The summed E-state index contributed by atoms with van der Waals surface area (Å²) < 4.78 is 1.39. The van der Waals surface area contributed by atoms with Crippen LogP contribution in [0, 0.1) is 10.1 Å². The molecule has 9 heteroatoms. The van der Waals surface area contributed by atoms with Gasteiger partial charge in [-0.05, 0) is 18.2 Å². The number of thiazole rings is 1. The molecule has 0 saturated carbocycles. The average Bonchev–Trinajstić information content (AvgIpc) is 3.13. The number of nitrogens with zero attached hydrogens (tertiary/aromatic N) is 5. The smallest absolute Gasteiger partial charge is 0.270 e. The van der Waals surface area contributed by atoms with Gasteiger partial charge in [0.1, 0.15) is 5.01 Å². The summed E-state index contributed by atoms with van der Waals surface area (Å²) in [6.45, 7) is 0.230. The third-order valence-electron chi connectivity index (χ3n) is 3.79. The van der Waals surface area contributed by atoms with Crippen LogP contribution in [0.4, 0.5) is 5.69 Å². The lowest BCUT2D eigenvalue weighted by atomic mass is 10.2. The van der Waals surface area contributed by atoms with Gasteiger partial charge in [-0.15, -0.1) is 11.3 Å². The summed E-state index contributed by atoms with van der Waals surface area (Å²) >= 11 is 1.44. The number of non-ortho nitro benzene ring substituents is 1. The maximum atomic E-state index is 12.6. The molecular weight excluding hydrogens is 354 g/mol. The van der Waals surface area contributed by atoms with Crippen LogP contribution in [-0.4, -0.2) is 24.4 Å².